The maximum absolute atomic E-state index is 14.2. The monoisotopic (exact) mass is 802 g/mol. The van der Waals surface area contributed by atoms with Crippen molar-refractivity contribution in [2.45, 2.75) is 50.8 Å². The van der Waals surface area contributed by atoms with Gasteiger partial charge in [-0.05, 0) is 54.8 Å². The van der Waals surface area contributed by atoms with Crippen molar-refractivity contribution >= 4 is 37.4 Å². The van der Waals surface area contributed by atoms with Gasteiger partial charge in [-0.2, -0.15) is 4.98 Å². The van der Waals surface area contributed by atoms with Crippen molar-refractivity contribution in [3.05, 3.63) is 143 Å². The Morgan fingerprint density at radius 1 is 0.860 bits per heavy atom. The number of rotatable bonds is 18. The van der Waals surface area contributed by atoms with E-state index in [1.165, 1.54) is 49.7 Å². The molecule has 17 heteroatoms. The fourth-order valence-electron chi connectivity index (χ4n) is 5.76. The van der Waals surface area contributed by atoms with E-state index in [4.69, 9.17) is 28.0 Å². The normalized spacial score (nSPS) is 19.2. The molecular weight excluding hydrogens is 759 g/mol. The minimum absolute atomic E-state index is 0.0415. The maximum atomic E-state index is 14.2. The van der Waals surface area contributed by atoms with Crippen molar-refractivity contribution in [3.8, 4) is 0 Å². The molecule has 57 heavy (non-hydrogen) atoms. The second-order valence-electron chi connectivity index (χ2n) is 13.1. The van der Waals surface area contributed by atoms with Crippen molar-refractivity contribution in [3.63, 3.8) is 0 Å². The van der Waals surface area contributed by atoms with E-state index in [2.05, 4.69) is 22.0 Å². The summed E-state index contributed by atoms with van der Waals surface area (Å²) in [6.07, 6.45) is -3.15. The van der Waals surface area contributed by atoms with Gasteiger partial charge in [0.15, 0.2) is 18.4 Å². The Bertz CT molecular complexity index is 2120. The van der Waals surface area contributed by atoms with E-state index in [1.54, 1.807) is 66.7 Å². The second-order valence-corrected chi connectivity index (χ2v) is 14.8. The van der Waals surface area contributed by atoms with Gasteiger partial charge in [-0.1, -0.05) is 74.5 Å². The van der Waals surface area contributed by atoms with Gasteiger partial charge in [0.05, 0.1) is 31.5 Å². The van der Waals surface area contributed by atoms with Crippen LogP contribution in [-0.4, -0.2) is 78.0 Å². The molecule has 0 saturated carbocycles. The molecule has 1 aliphatic heterocycles. The Morgan fingerprint density at radius 3 is 1.95 bits per heavy atom. The third-order valence-electron chi connectivity index (χ3n) is 8.45. The number of aromatic nitrogens is 2. The molecule has 6 atom stereocenters. The molecule has 5 rings (SSSR count). The van der Waals surface area contributed by atoms with Crippen molar-refractivity contribution < 1.29 is 51.7 Å². The van der Waals surface area contributed by atoms with Crippen LogP contribution in [0.1, 0.15) is 57.6 Å². The van der Waals surface area contributed by atoms with E-state index >= 15 is 0 Å². The molecule has 1 unspecified atom stereocenters. The minimum Gasteiger partial charge on any atom is -0.468 e. The molecule has 0 spiro atoms. The summed E-state index contributed by atoms with van der Waals surface area (Å²) < 4.78 is 49.7. The van der Waals surface area contributed by atoms with Crippen LogP contribution in [0.5, 0.6) is 0 Å². The van der Waals surface area contributed by atoms with Crippen LogP contribution in [0.25, 0.3) is 0 Å². The van der Waals surface area contributed by atoms with E-state index in [0.29, 0.717) is 5.56 Å². The topological polar surface area (TPSA) is 200 Å². The fraction of sp³-hybridized carbons (Fsp3) is 0.300. The van der Waals surface area contributed by atoms with Gasteiger partial charge in [-0.3, -0.25) is 23.2 Å². The molecule has 300 valence electrons. The quantitative estimate of drug-likeness (QED) is 0.0565. The average Bonchev–Trinajstić information content (AvgIpc) is 3.54. The number of esters is 3. The van der Waals surface area contributed by atoms with Gasteiger partial charge in [-0.25, -0.2) is 24.0 Å². The molecule has 0 aliphatic carbocycles. The van der Waals surface area contributed by atoms with E-state index < -0.39 is 74.4 Å². The number of nitrogens with zero attached hydrogens (tertiary/aromatic N) is 2. The predicted molar refractivity (Wildman–Crippen MR) is 206 cm³/mol. The molecule has 1 aromatic heterocycles. The van der Waals surface area contributed by atoms with Gasteiger partial charge in [-0.15, -0.1) is 6.58 Å². The smallest absolute Gasteiger partial charge is 0.406 e. The molecule has 16 nitrogen and oxygen atoms in total. The van der Waals surface area contributed by atoms with Crippen molar-refractivity contribution in [2.24, 2.45) is 5.92 Å². The number of hydrogen-bond donors (Lipinski definition) is 2. The van der Waals surface area contributed by atoms with Crippen LogP contribution in [0, 0.1) is 5.92 Å². The number of nitrogens with one attached hydrogen (secondary N) is 2. The summed E-state index contributed by atoms with van der Waals surface area (Å²) in [5.41, 5.74) is -0.327. The first-order chi connectivity index (χ1) is 27.4. The third kappa shape index (κ3) is 11.4. The van der Waals surface area contributed by atoms with Crippen LogP contribution in [-0.2, 0) is 37.4 Å². The first-order valence-corrected chi connectivity index (χ1v) is 19.4. The Morgan fingerprint density at radius 2 is 1.42 bits per heavy atom. The zero-order valence-electron chi connectivity index (χ0n) is 31.4. The number of methoxy groups -OCH3 is 1. The first kappa shape index (κ1) is 42.4. The van der Waals surface area contributed by atoms with Crippen LogP contribution < -0.4 is 16.1 Å². The molecule has 2 heterocycles. The standard InChI is InChI=1S/C40H43N4O12P/c1-5-23-52-57(50,43-30(24-26(2)3)39(48)51-4)53-25-31-33(55-37(46)28-17-11-7-12-18-28)34(56-38(47)29-19-13-8-14-20-29)36(54-31)44-22-21-32(42-40(44)49)41-35(45)27-15-9-6-10-16-27/h5-22,26,30-31,33-34,36H,1,23-25H2,2-4H3,(H,43,50)(H,41,42,45,49)/t30-,31+,33+,34+,36+,57?/m0/s1. The van der Waals surface area contributed by atoms with Gasteiger partial charge in [0.1, 0.15) is 18.0 Å². The Kier molecular flexibility index (Phi) is 14.8. The predicted octanol–water partition coefficient (Wildman–Crippen LogP) is 5.35. The summed E-state index contributed by atoms with van der Waals surface area (Å²) in [4.78, 5) is 70.3. The highest BCUT2D eigenvalue weighted by atomic mass is 31.2. The minimum atomic E-state index is -4.40. The molecule has 3 aromatic carbocycles. The zero-order valence-corrected chi connectivity index (χ0v) is 32.3. The van der Waals surface area contributed by atoms with Crippen LogP contribution in [0.4, 0.5) is 5.82 Å². The highest BCUT2D eigenvalue weighted by Gasteiger charge is 2.52. The van der Waals surface area contributed by atoms with Gasteiger partial charge in [0, 0.05) is 11.8 Å². The lowest BCUT2D eigenvalue weighted by molar-refractivity contribution is -0.143. The maximum Gasteiger partial charge on any atom is 0.406 e. The van der Waals surface area contributed by atoms with E-state index in [0.717, 1.165) is 4.57 Å². The Balaban J connectivity index is 1.52. The van der Waals surface area contributed by atoms with Crippen molar-refractivity contribution in [1.82, 2.24) is 14.6 Å². The molecule has 0 bridgehead atoms. The van der Waals surface area contributed by atoms with E-state index in [-0.39, 0.29) is 35.9 Å². The van der Waals surface area contributed by atoms with Gasteiger partial charge in [0.2, 0.25) is 0 Å². The molecular formula is C40H43N4O12P. The number of amides is 1. The molecule has 1 saturated heterocycles. The SMILES string of the molecule is C=CCOP(=O)(N[C@@H](CC(C)C)C(=O)OC)OC[C@H]1O[C@@H](n2ccc(NC(=O)c3ccccc3)nc2=O)[C@H](OC(=O)c2ccccc2)[C@@H]1OC(=O)c1ccccc1. The summed E-state index contributed by atoms with van der Waals surface area (Å²) in [6, 6.07) is 24.4. The first-order valence-electron chi connectivity index (χ1n) is 17.9. The highest BCUT2D eigenvalue weighted by Crippen LogP contribution is 2.46. The molecule has 2 N–H and O–H groups in total. The fourth-order valence-corrected chi connectivity index (χ4v) is 7.22. The average molecular weight is 803 g/mol. The largest absolute Gasteiger partial charge is 0.468 e. The number of hydrogen-bond acceptors (Lipinski definition) is 13. The van der Waals surface area contributed by atoms with Crippen LogP contribution in [0.3, 0.4) is 0 Å². The molecule has 1 fully saturated rings. The Hall–Kier alpha value is -5.77. The molecule has 1 aliphatic rings. The summed E-state index contributed by atoms with van der Waals surface area (Å²) in [5.74, 6) is -3.05. The van der Waals surface area contributed by atoms with Crippen LogP contribution in [0.2, 0.25) is 0 Å². The second kappa shape index (κ2) is 19.9. The lowest BCUT2D eigenvalue weighted by Crippen LogP contribution is -2.42. The van der Waals surface area contributed by atoms with Crippen molar-refractivity contribution in [1.29, 1.82) is 0 Å². The molecule has 4 aromatic rings. The molecule has 0 radical (unpaired) electrons. The van der Waals surface area contributed by atoms with Crippen molar-refractivity contribution in [2.75, 3.05) is 25.6 Å². The highest BCUT2D eigenvalue weighted by molar-refractivity contribution is 7.51. The van der Waals surface area contributed by atoms with E-state index in [9.17, 15) is 28.5 Å². The third-order valence-corrected chi connectivity index (χ3v) is 10.1. The number of anilines is 1. The number of ether oxygens (including phenoxy) is 4. The molecule has 1 amide bonds. The van der Waals surface area contributed by atoms with Crippen LogP contribution >= 0.6 is 7.75 Å². The van der Waals surface area contributed by atoms with Gasteiger partial charge < -0.3 is 24.3 Å². The lowest BCUT2D eigenvalue weighted by atomic mass is 10.1. The summed E-state index contributed by atoms with van der Waals surface area (Å²) >= 11 is 0. The zero-order chi connectivity index (χ0) is 41.0. The van der Waals surface area contributed by atoms with E-state index in [1.807, 2.05) is 13.8 Å². The number of carbonyl (C=O) groups is 4. The summed E-state index contributed by atoms with van der Waals surface area (Å²) in [6.45, 7) is 6.39. The lowest BCUT2D eigenvalue weighted by Gasteiger charge is -2.27. The number of benzene rings is 3. The summed E-state index contributed by atoms with van der Waals surface area (Å²) in [5, 5.41) is 5.21. The van der Waals surface area contributed by atoms with Gasteiger partial charge in [0.25, 0.3) is 5.91 Å². The Labute approximate surface area is 328 Å². The van der Waals surface area contributed by atoms with Crippen LogP contribution in [0.15, 0.2) is 121 Å². The van der Waals surface area contributed by atoms with Gasteiger partial charge >= 0.3 is 31.3 Å². The summed E-state index contributed by atoms with van der Waals surface area (Å²) in [7, 11) is -3.22. The number of carbonyl (C=O) groups excluding carboxylic acids is 4.